The molecule has 2 heterocycles. The van der Waals surface area contributed by atoms with Gasteiger partial charge in [0.15, 0.2) is 17.2 Å². The van der Waals surface area contributed by atoms with Gasteiger partial charge in [0.25, 0.3) is 11.8 Å². The van der Waals surface area contributed by atoms with E-state index in [0.717, 1.165) is 25.3 Å². The van der Waals surface area contributed by atoms with E-state index in [4.69, 9.17) is 4.74 Å². The number of carbonyl (C=O) groups is 2. The number of rotatable bonds is 6. The second kappa shape index (κ2) is 9.91. The van der Waals surface area contributed by atoms with Gasteiger partial charge in [0.2, 0.25) is 5.82 Å². The maximum atomic E-state index is 14.4. The zero-order valence-electron chi connectivity index (χ0n) is 18.9. The highest BCUT2D eigenvalue weighted by atomic mass is 19.4. The Labute approximate surface area is 200 Å². The summed E-state index contributed by atoms with van der Waals surface area (Å²) < 4.78 is 105. The molecule has 3 rings (SSSR count). The van der Waals surface area contributed by atoms with Gasteiger partial charge >= 0.3 is 12.8 Å². The number of carbonyl (C=O) groups excluding carboxylic acids is 2. The van der Waals surface area contributed by atoms with Crippen LogP contribution in [-0.4, -0.2) is 48.3 Å². The van der Waals surface area contributed by atoms with E-state index < -0.39 is 71.1 Å². The van der Waals surface area contributed by atoms with Gasteiger partial charge in [0.05, 0.1) is 0 Å². The minimum atomic E-state index is -5.04. The topological polar surface area (TPSA) is 89.6 Å². The van der Waals surface area contributed by atoms with Crippen LogP contribution in [0.25, 0.3) is 0 Å². The molecule has 1 aliphatic rings. The summed E-state index contributed by atoms with van der Waals surface area (Å²) in [5.41, 5.74) is -3.76. The lowest BCUT2D eigenvalue weighted by molar-refractivity contribution is -0.272. The van der Waals surface area contributed by atoms with Crippen molar-refractivity contribution in [3.05, 3.63) is 53.4 Å². The van der Waals surface area contributed by atoms with Crippen LogP contribution in [0.1, 0.15) is 35.8 Å². The molecule has 0 unspecified atom stereocenters. The third-order valence-corrected chi connectivity index (χ3v) is 6.06. The number of aromatic nitrogens is 1. The van der Waals surface area contributed by atoms with E-state index in [1.54, 1.807) is 0 Å². The third kappa shape index (κ3) is 4.94. The van der Waals surface area contributed by atoms with Crippen LogP contribution in [0, 0.1) is 17.6 Å². The fourth-order valence-corrected chi connectivity index (χ4v) is 4.02. The Morgan fingerprint density at radius 1 is 1.19 bits per heavy atom. The van der Waals surface area contributed by atoms with Gasteiger partial charge in [0.1, 0.15) is 11.8 Å². The normalized spacial score (nSPS) is 24.0. The van der Waals surface area contributed by atoms with Crippen LogP contribution in [-0.2, 0) is 9.53 Å². The Hall–Kier alpha value is -3.42. The number of amides is 2. The average Bonchev–Trinajstić information content (AvgIpc) is 3.08. The Morgan fingerprint density at radius 3 is 2.44 bits per heavy atom. The summed E-state index contributed by atoms with van der Waals surface area (Å²) in [4.78, 5) is 28.7. The molecule has 2 N–H and O–H groups in total. The third-order valence-electron chi connectivity index (χ3n) is 6.06. The molecule has 0 radical (unpaired) electrons. The molecule has 1 saturated heterocycles. The van der Waals surface area contributed by atoms with Gasteiger partial charge < -0.3 is 20.1 Å². The molecule has 4 atom stereocenters. The molecule has 0 spiro atoms. The lowest BCUT2D eigenvalue weighted by Crippen LogP contribution is -2.47. The van der Waals surface area contributed by atoms with Crippen molar-refractivity contribution in [1.82, 2.24) is 10.3 Å². The van der Waals surface area contributed by atoms with Crippen LogP contribution >= 0.6 is 0 Å². The second-order valence-corrected chi connectivity index (χ2v) is 8.11. The Bertz CT molecular complexity index is 1160. The fraction of sp³-hybridized carbons (Fsp3) is 0.409. The number of ether oxygens (including phenoxy) is 2. The molecule has 7 nitrogen and oxygen atoms in total. The molecule has 1 aromatic carbocycles. The zero-order chi connectivity index (χ0) is 27.0. The van der Waals surface area contributed by atoms with Gasteiger partial charge in [-0.15, -0.1) is 0 Å². The van der Waals surface area contributed by atoms with Gasteiger partial charge in [-0.1, -0.05) is 13.0 Å². The highest BCUT2D eigenvalue weighted by molar-refractivity contribution is 5.97. The Kier molecular flexibility index (Phi) is 7.48. The SMILES string of the molecule is CNC(=O)c1cc(NC(=O)[C@@H]2O[C@@](C)(C(F)(F)F)[C@H](C)[C@@H]2c2ccc(F)c(F)c2OC(F)F)ccn1. The molecule has 1 aromatic heterocycles. The predicted molar refractivity (Wildman–Crippen MR) is 110 cm³/mol. The van der Waals surface area contributed by atoms with Gasteiger partial charge in [0, 0.05) is 36.3 Å². The van der Waals surface area contributed by atoms with E-state index in [1.807, 2.05) is 0 Å². The van der Waals surface area contributed by atoms with Crippen LogP contribution in [0.2, 0.25) is 0 Å². The monoisotopic (exact) mass is 523 g/mol. The molecule has 1 fully saturated rings. The van der Waals surface area contributed by atoms with Crippen LogP contribution < -0.4 is 15.4 Å². The summed E-state index contributed by atoms with van der Waals surface area (Å²) in [6.07, 6.45) is -5.89. The summed E-state index contributed by atoms with van der Waals surface area (Å²) in [6, 6.07) is 3.66. The van der Waals surface area contributed by atoms with Crippen molar-refractivity contribution in [1.29, 1.82) is 0 Å². The van der Waals surface area contributed by atoms with Crippen molar-refractivity contribution < 1.29 is 49.8 Å². The minimum Gasteiger partial charge on any atom is -0.431 e. The summed E-state index contributed by atoms with van der Waals surface area (Å²) in [7, 11) is 1.33. The molecular formula is C22H20F7N3O4. The summed E-state index contributed by atoms with van der Waals surface area (Å²) in [5, 5.41) is 4.60. The number of nitrogens with zero attached hydrogens (tertiary/aromatic N) is 1. The largest absolute Gasteiger partial charge is 0.431 e. The molecule has 196 valence electrons. The predicted octanol–water partition coefficient (Wildman–Crippen LogP) is 4.40. The first-order valence-corrected chi connectivity index (χ1v) is 10.4. The number of halogens is 7. The van der Waals surface area contributed by atoms with Gasteiger partial charge in [-0.2, -0.15) is 26.3 Å². The van der Waals surface area contributed by atoms with Crippen molar-refractivity contribution in [3.63, 3.8) is 0 Å². The highest BCUT2D eigenvalue weighted by Gasteiger charge is 2.66. The van der Waals surface area contributed by atoms with Gasteiger partial charge in [-0.3, -0.25) is 14.6 Å². The first kappa shape index (κ1) is 27.2. The molecular weight excluding hydrogens is 503 g/mol. The average molecular weight is 523 g/mol. The van der Waals surface area contributed by atoms with Crippen molar-refractivity contribution in [2.45, 2.75) is 44.3 Å². The maximum Gasteiger partial charge on any atom is 0.417 e. The molecule has 14 heteroatoms. The molecule has 0 bridgehead atoms. The number of benzene rings is 1. The van der Waals surface area contributed by atoms with E-state index in [2.05, 4.69) is 20.4 Å². The lowest BCUT2D eigenvalue weighted by Gasteiger charge is -2.32. The van der Waals surface area contributed by atoms with Crippen molar-refractivity contribution in [2.24, 2.45) is 5.92 Å². The summed E-state index contributed by atoms with van der Waals surface area (Å²) in [5.74, 6) is -9.89. The molecule has 2 amide bonds. The minimum absolute atomic E-state index is 0.0430. The first-order valence-electron chi connectivity index (χ1n) is 10.4. The van der Waals surface area contributed by atoms with Gasteiger partial charge in [-0.25, -0.2) is 4.39 Å². The van der Waals surface area contributed by atoms with E-state index in [-0.39, 0.29) is 11.4 Å². The number of nitrogens with one attached hydrogen (secondary N) is 2. The number of pyridine rings is 1. The highest BCUT2D eigenvalue weighted by Crippen LogP contribution is 2.55. The molecule has 0 saturated carbocycles. The van der Waals surface area contributed by atoms with Crippen molar-refractivity contribution in [3.8, 4) is 5.75 Å². The molecule has 0 aliphatic carbocycles. The van der Waals surface area contributed by atoms with Crippen LogP contribution in [0.5, 0.6) is 5.75 Å². The smallest absolute Gasteiger partial charge is 0.417 e. The van der Waals surface area contributed by atoms with Gasteiger partial charge in [-0.05, 0) is 25.1 Å². The van der Waals surface area contributed by atoms with Crippen molar-refractivity contribution >= 4 is 17.5 Å². The fourth-order valence-electron chi connectivity index (χ4n) is 4.02. The summed E-state index contributed by atoms with van der Waals surface area (Å²) in [6.45, 7) is -1.95. The second-order valence-electron chi connectivity index (χ2n) is 8.11. The number of hydrogen-bond donors (Lipinski definition) is 2. The van der Waals surface area contributed by atoms with E-state index in [1.165, 1.54) is 13.1 Å². The summed E-state index contributed by atoms with van der Waals surface area (Å²) >= 11 is 0. The molecule has 2 aromatic rings. The van der Waals surface area contributed by atoms with Crippen molar-refractivity contribution in [2.75, 3.05) is 12.4 Å². The number of alkyl halides is 5. The molecule has 1 aliphatic heterocycles. The number of hydrogen-bond acceptors (Lipinski definition) is 5. The quantitative estimate of drug-likeness (QED) is 0.548. The maximum absolute atomic E-state index is 14.4. The first-order chi connectivity index (χ1) is 16.7. The van der Waals surface area contributed by atoms with E-state index in [9.17, 15) is 40.3 Å². The van der Waals surface area contributed by atoms with E-state index >= 15 is 0 Å². The Morgan fingerprint density at radius 2 is 1.86 bits per heavy atom. The zero-order valence-corrected chi connectivity index (χ0v) is 18.9. The number of anilines is 1. The Balaban J connectivity index is 2.09. The molecule has 36 heavy (non-hydrogen) atoms. The van der Waals surface area contributed by atoms with Crippen LogP contribution in [0.15, 0.2) is 30.5 Å². The van der Waals surface area contributed by atoms with Crippen LogP contribution in [0.3, 0.4) is 0 Å². The lowest BCUT2D eigenvalue weighted by atomic mass is 9.77. The van der Waals surface area contributed by atoms with Crippen LogP contribution in [0.4, 0.5) is 36.4 Å². The standard InChI is InChI=1S/C22H20F7N3O4/c1-9-14(11-4-5-12(23)15(24)16(11)35-20(25)26)17(36-21(9,2)22(27,28)29)19(34)32-10-6-7-31-13(8-10)18(33)30-3/h4-9,14,17,20H,1-3H3,(H,30,33)(H,31,32,34)/t9-,14-,17-,21-/m1/s1. The van der Waals surface area contributed by atoms with E-state index in [0.29, 0.717) is 13.0 Å².